The van der Waals surface area contributed by atoms with E-state index in [1.165, 1.54) is 30.8 Å². The predicted octanol–water partition coefficient (Wildman–Crippen LogP) is 5.08. The van der Waals surface area contributed by atoms with E-state index in [0.29, 0.717) is 40.2 Å². The molecule has 7 nitrogen and oxygen atoms in total. The average Bonchev–Trinajstić information content (AvgIpc) is 3.48. The maximum absolute atomic E-state index is 13.4. The molecule has 2 fully saturated rings. The zero-order chi connectivity index (χ0) is 24.2. The minimum Gasteiger partial charge on any atom is -0.491 e. The normalized spacial score (nSPS) is 22.3. The van der Waals surface area contributed by atoms with E-state index in [0.717, 1.165) is 61.3 Å². The molecule has 2 atom stereocenters. The molecule has 2 aromatic carbocycles. The van der Waals surface area contributed by atoms with E-state index in [1.54, 1.807) is 0 Å². The van der Waals surface area contributed by atoms with Crippen molar-refractivity contribution in [1.82, 2.24) is 18.8 Å². The Balaban J connectivity index is 1.41. The van der Waals surface area contributed by atoms with Crippen molar-refractivity contribution in [3.05, 3.63) is 56.6 Å². The third kappa shape index (κ3) is 3.78. The molecule has 0 radical (unpaired) electrons. The molecular formula is C28H30N4O3S. The van der Waals surface area contributed by atoms with Crippen LogP contribution in [0.15, 0.2) is 39.9 Å². The summed E-state index contributed by atoms with van der Waals surface area (Å²) < 4.78 is 9.17. The van der Waals surface area contributed by atoms with E-state index in [4.69, 9.17) is 9.72 Å². The van der Waals surface area contributed by atoms with E-state index >= 15 is 0 Å². The van der Waals surface area contributed by atoms with Gasteiger partial charge in [0, 0.05) is 18.2 Å². The number of nitrogens with zero attached hydrogens (tertiary/aromatic N) is 3. The highest BCUT2D eigenvalue weighted by molar-refractivity contribution is 7.14. The van der Waals surface area contributed by atoms with Crippen molar-refractivity contribution in [3.63, 3.8) is 0 Å². The molecule has 2 aliphatic heterocycles. The van der Waals surface area contributed by atoms with Gasteiger partial charge in [-0.15, -0.1) is 0 Å². The number of ether oxygens (including phenoxy) is 1. The first kappa shape index (κ1) is 22.2. The smallest absolute Gasteiger partial charge is 0.275 e. The highest BCUT2D eigenvalue weighted by Crippen LogP contribution is 2.40. The Morgan fingerprint density at radius 3 is 2.86 bits per heavy atom. The van der Waals surface area contributed by atoms with Gasteiger partial charge in [0.05, 0.1) is 22.2 Å². The minimum absolute atomic E-state index is 0.0499. The standard InChI is InChI=1S/C28H30N4O3S/c33-27-24-20-5-4-6-21-26(20)36-32(28(21)34)19-8-7-17(13-19)9-12-35-23-15-18(14-22(29-27)25(23)30-24)16-31-10-2-1-3-11-31/h4-6,14-15,17,19H,1-3,7-13,16H2,(H,29,33)/t17-,19-/m1/s1. The van der Waals surface area contributed by atoms with Crippen molar-refractivity contribution in [1.29, 1.82) is 0 Å². The first-order valence-electron chi connectivity index (χ1n) is 13.2. The predicted molar refractivity (Wildman–Crippen MR) is 143 cm³/mol. The van der Waals surface area contributed by atoms with Crippen LogP contribution in [0.4, 0.5) is 0 Å². The lowest BCUT2D eigenvalue weighted by Gasteiger charge is -2.26. The van der Waals surface area contributed by atoms with Gasteiger partial charge in [-0.1, -0.05) is 30.1 Å². The largest absolute Gasteiger partial charge is 0.491 e. The van der Waals surface area contributed by atoms with Crippen LogP contribution in [0.2, 0.25) is 0 Å². The summed E-state index contributed by atoms with van der Waals surface area (Å²) in [5.41, 5.74) is 3.40. The molecule has 0 amide bonds. The lowest BCUT2D eigenvalue weighted by molar-refractivity contribution is 0.220. The monoisotopic (exact) mass is 502 g/mol. The first-order chi connectivity index (χ1) is 17.6. The fourth-order valence-electron chi connectivity index (χ4n) is 6.33. The number of piperidine rings is 1. The van der Waals surface area contributed by atoms with Crippen molar-refractivity contribution < 1.29 is 4.74 Å². The SMILES string of the molecule is O=c1[nH]c2cc(CN3CCCCC3)cc3c2nc1-c1cccc2c(=O)n(sc12)[C@@H]1CC[C@H](CCO3)C1. The molecule has 1 N–H and O–H groups in total. The molecule has 6 bridgehead atoms. The van der Waals surface area contributed by atoms with E-state index in [-0.39, 0.29) is 17.2 Å². The molecule has 4 aromatic rings. The summed E-state index contributed by atoms with van der Waals surface area (Å²) in [6.07, 6.45) is 7.84. The van der Waals surface area contributed by atoms with Crippen LogP contribution >= 0.6 is 11.5 Å². The molecule has 7 rings (SSSR count). The molecule has 1 aliphatic carbocycles. The van der Waals surface area contributed by atoms with Crippen molar-refractivity contribution in [2.24, 2.45) is 5.92 Å². The van der Waals surface area contributed by atoms with E-state index < -0.39 is 0 Å². The fourth-order valence-corrected chi connectivity index (χ4v) is 7.56. The summed E-state index contributed by atoms with van der Waals surface area (Å²) >= 11 is 1.49. The number of benzene rings is 2. The Bertz CT molecular complexity index is 1580. The van der Waals surface area contributed by atoms with Crippen molar-refractivity contribution in [2.45, 2.75) is 57.5 Å². The summed E-state index contributed by atoms with van der Waals surface area (Å²) in [6.45, 7) is 3.67. The van der Waals surface area contributed by atoms with Gasteiger partial charge in [0.25, 0.3) is 11.1 Å². The Hall–Kier alpha value is -2.97. The van der Waals surface area contributed by atoms with Crippen molar-refractivity contribution in [3.8, 4) is 17.0 Å². The lowest BCUT2D eigenvalue weighted by Crippen LogP contribution is -2.29. The van der Waals surface area contributed by atoms with Gasteiger partial charge in [0.2, 0.25) is 0 Å². The van der Waals surface area contributed by atoms with Crippen molar-refractivity contribution in [2.75, 3.05) is 19.7 Å². The van der Waals surface area contributed by atoms with Crippen LogP contribution in [0.1, 0.15) is 56.6 Å². The fraction of sp³-hybridized carbons (Fsp3) is 0.464. The highest BCUT2D eigenvalue weighted by Gasteiger charge is 2.29. The van der Waals surface area contributed by atoms with Crippen LogP contribution in [-0.2, 0) is 6.54 Å². The van der Waals surface area contributed by atoms with Gasteiger partial charge < -0.3 is 9.72 Å². The highest BCUT2D eigenvalue weighted by atomic mass is 32.1. The molecule has 4 heterocycles. The number of nitrogens with one attached hydrogen (secondary N) is 1. The number of H-pyrrole nitrogens is 1. The Kier molecular flexibility index (Phi) is 5.47. The molecular weight excluding hydrogens is 472 g/mol. The number of aromatic nitrogens is 3. The molecule has 1 saturated heterocycles. The number of likely N-dealkylation sites (tertiary alicyclic amines) is 1. The third-order valence-corrected chi connectivity index (χ3v) is 9.48. The molecule has 3 aliphatic rings. The van der Waals surface area contributed by atoms with E-state index in [1.807, 2.05) is 22.2 Å². The van der Waals surface area contributed by atoms with Crippen LogP contribution in [-0.4, -0.2) is 38.5 Å². The second-order valence-electron chi connectivity index (χ2n) is 10.6. The second-order valence-corrected chi connectivity index (χ2v) is 11.6. The van der Waals surface area contributed by atoms with Gasteiger partial charge >= 0.3 is 0 Å². The Morgan fingerprint density at radius 1 is 1.08 bits per heavy atom. The average molecular weight is 503 g/mol. The van der Waals surface area contributed by atoms with Crippen LogP contribution < -0.4 is 15.9 Å². The van der Waals surface area contributed by atoms with Crippen molar-refractivity contribution >= 4 is 32.7 Å². The van der Waals surface area contributed by atoms with Gasteiger partial charge in [-0.25, -0.2) is 4.98 Å². The number of hydrogen-bond acceptors (Lipinski definition) is 6. The second kappa shape index (κ2) is 8.85. The quantitative estimate of drug-likeness (QED) is 0.414. The van der Waals surface area contributed by atoms with Gasteiger partial charge in [-0.05, 0) is 81.3 Å². The Morgan fingerprint density at radius 2 is 1.97 bits per heavy atom. The third-order valence-electron chi connectivity index (χ3n) is 8.20. The summed E-state index contributed by atoms with van der Waals surface area (Å²) in [5, 5.41) is 0.672. The number of aromatic amines is 1. The van der Waals surface area contributed by atoms with Gasteiger partial charge in [0.1, 0.15) is 17.0 Å². The molecule has 186 valence electrons. The lowest BCUT2D eigenvalue weighted by atomic mass is 10.0. The summed E-state index contributed by atoms with van der Waals surface area (Å²) in [6, 6.07) is 10.0. The van der Waals surface area contributed by atoms with Gasteiger partial charge in [0.15, 0.2) is 0 Å². The van der Waals surface area contributed by atoms with Gasteiger partial charge in [-0.3, -0.25) is 18.4 Å². The minimum atomic E-state index is -0.239. The van der Waals surface area contributed by atoms with Crippen LogP contribution in [0.3, 0.4) is 0 Å². The molecule has 8 heteroatoms. The molecule has 1 saturated carbocycles. The topological polar surface area (TPSA) is 80.2 Å². The van der Waals surface area contributed by atoms with Crippen LogP contribution in [0.25, 0.3) is 32.4 Å². The summed E-state index contributed by atoms with van der Waals surface area (Å²) in [4.78, 5) is 37.1. The Labute approximate surface area is 212 Å². The van der Waals surface area contributed by atoms with E-state index in [9.17, 15) is 9.59 Å². The first-order valence-corrected chi connectivity index (χ1v) is 14.0. The summed E-state index contributed by atoms with van der Waals surface area (Å²) in [7, 11) is 0. The molecule has 36 heavy (non-hydrogen) atoms. The summed E-state index contributed by atoms with van der Waals surface area (Å²) in [5.74, 6) is 1.28. The number of hydrogen-bond donors (Lipinski definition) is 1. The maximum atomic E-state index is 13.4. The van der Waals surface area contributed by atoms with Gasteiger partial charge in [-0.2, -0.15) is 0 Å². The van der Waals surface area contributed by atoms with Crippen LogP contribution in [0.5, 0.6) is 5.75 Å². The number of fused-ring (bicyclic) bond motifs is 6. The van der Waals surface area contributed by atoms with E-state index in [2.05, 4.69) is 22.0 Å². The zero-order valence-electron chi connectivity index (χ0n) is 20.3. The molecule has 0 unspecified atom stereocenters. The molecule has 2 aromatic heterocycles. The van der Waals surface area contributed by atoms with Crippen LogP contribution in [0, 0.1) is 5.92 Å². The number of rotatable bonds is 2. The molecule has 0 spiro atoms. The zero-order valence-corrected chi connectivity index (χ0v) is 21.1. The maximum Gasteiger partial charge on any atom is 0.275 e.